The summed E-state index contributed by atoms with van der Waals surface area (Å²) >= 11 is 0. The molecule has 4 heteroatoms. The molecule has 0 unspecified atom stereocenters. The molecule has 0 fully saturated rings. The second-order valence-electron chi connectivity index (χ2n) is 3.67. The first-order valence-corrected chi connectivity index (χ1v) is 5.54. The SMILES string of the molecule is O=Cc1cnn(CCCOc2ccccc2)c1. The first-order valence-electron chi connectivity index (χ1n) is 5.54. The van der Waals surface area contributed by atoms with E-state index in [0.29, 0.717) is 12.2 Å². The third-order valence-corrected chi connectivity index (χ3v) is 2.33. The van der Waals surface area contributed by atoms with Gasteiger partial charge in [0.1, 0.15) is 5.75 Å². The molecule has 4 nitrogen and oxygen atoms in total. The van der Waals surface area contributed by atoms with Crippen LogP contribution in [0.15, 0.2) is 42.7 Å². The molecule has 0 bridgehead atoms. The van der Waals surface area contributed by atoms with Gasteiger partial charge < -0.3 is 4.74 Å². The van der Waals surface area contributed by atoms with Crippen molar-refractivity contribution >= 4 is 6.29 Å². The highest BCUT2D eigenvalue weighted by molar-refractivity contribution is 5.73. The highest BCUT2D eigenvalue weighted by atomic mass is 16.5. The van der Waals surface area contributed by atoms with Gasteiger partial charge in [0.05, 0.1) is 18.4 Å². The van der Waals surface area contributed by atoms with E-state index in [9.17, 15) is 4.79 Å². The molecule has 0 aliphatic heterocycles. The molecule has 2 aromatic rings. The minimum atomic E-state index is 0.606. The Morgan fingerprint density at radius 2 is 2.12 bits per heavy atom. The minimum absolute atomic E-state index is 0.606. The lowest BCUT2D eigenvalue weighted by atomic mass is 10.3. The quantitative estimate of drug-likeness (QED) is 0.564. The van der Waals surface area contributed by atoms with E-state index < -0.39 is 0 Å². The smallest absolute Gasteiger partial charge is 0.153 e. The van der Waals surface area contributed by atoms with Gasteiger partial charge in [-0.2, -0.15) is 5.10 Å². The molecule has 0 aliphatic rings. The van der Waals surface area contributed by atoms with Gasteiger partial charge in [0.25, 0.3) is 0 Å². The standard InChI is InChI=1S/C13H14N2O2/c16-11-12-9-14-15(10-12)7-4-8-17-13-5-2-1-3-6-13/h1-3,5-6,9-11H,4,7-8H2. The maximum atomic E-state index is 10.5. The second kappa shape index (κ2) is 5.84. The summed E-state index contributed by atoms with van der Waals surface area (Å²) in [6, 6.07) is 9.70. The van der Waals surface area contributed by atoms with Gasteiger partial charge in [0.15, 0.2) is 6.29 Å². The monoisotopic (exact) mass is 230 g/mol. The molecular weight excluding hydrogens is 216 g/mol. The summed E-state index contributed by atoms with van der Waals surface area (Å²) in [4.78, 5) is 10.5. The van der Waals surface area contributed by atoms with Crippen molar-refractivity contribution in [3.05, 3.63) is 48.3 Å². The Bertz CT molecular complexity index is 465. The Balaban J connectivity index is 1.71. The van der Waals surface area contributed by atoms with Crippen molar-refractivity contribution in [3.63, 3.8) is 0 Å². The number of rotatable bonds is 6. The highest BCUT2D eigenvalue weighted by Gasteiger charge is 1.97. The summed E-state index contributed by atoms with van der Waals surface area (Å²) in [7, 11) is 0. The van der Waals surface area contributed by atoms with E-state index in [1.165, 1.54) is 0 Å². The fourth-order valence-electron chi connectivity index (χ4n) is 1.50. The molecule has 0 spiro atoms. The number of nitrogens with zero attached hydrogens (tertiary/aromatic N) is 2. The van der Waals surface area contributed by atoms with Crippen LogP contribution in [0.3, 0.4) is 0 Å². The summed E-state index contributed by atoms with van der Waals surface area (Å²) in [5, 5.41) is 4.06. The van der Waals surface area contributed by atoms with E-state index in [1.54, 1.807) is 17.1 Å². The van der Waals surface area contributed by atoms with Crippen LogP contribution in [0.2, 0.25) is 0 Å². The number of hydrogen-bond donors (Lipinski definition) is 0. The van der Waals surface area contributed by atoms with Gasteiger partial charge in [-0.1, -0.05) is 18.2 Å². The first kappa shape index (κ1) is 11.4. The van der Waals surface area contributed by atoms with Crippen molar-refractivity contribution in [1.82, 2.24) is 9.78 Å². The average Bonchev–Trinajstić information content (AvgIpc) is 2.84. The topological polar surface area (TPSA) is 44.1 Å². The molecule has 2 rings (SSSR count). The summed E-state index contributed by atoms with van der Waals surface area (Å²) in [5.41, 5.74) is 0.606. The number of aryl methyl sites for hydroxylation is 1. The lowest BCUT2D eigenvalue weighted by Crippen LogP contribution is -2.04. The van der Waals surface area contributed by atoms with Crippen molar-refractivity contribution in [1.29, 1.82) is 0 Å². The average molecular weight is 230 g/mol. The molecule has 0 amide bonds. The molecule has 1 aromatic heterocycles. The lowest BCUT2D eigenvalue weighted by molar-refractivity contribution is 0.112. The van der Waals surface area contributed by atoms with Crippen LogP contribution in [-0.4, -0.2) is 22.7 Å². The summed E-state index contributed by atoms with van der Waals surface area (Å²) < 4.78 is 7.30. The molecule has 17 heavy (non-hydrogen) atoms. The molecule has 0 N–H and O–H groups in total. The maximum absolute atomic E-state index is 10.5. The van der Waals surface area contributed by atoms with Gasteiger partial charge in [0, 0.05) is 19.2 Å². The van der Waals surface area contributed by atoms with E-state index >= 15 is 0 Å². The number of carbonyl (C=O) groups excluding carboxylic acids is 1. The largest absolute Gasteiger partial charge is 0.494 e. The van der Waals surface area contributed by atoms with Gasteiger partial charge in [0.2, 0.25) is 0 Å². The first-order chi connectivity index (χ1) is 8.38. The molecule has 1 aromatic carbocycles. The van der Waals surface area contributed by atoms with Crippen molar-refractivity contribution in [2.75, 3.05) is 6.61 Å². The molecule has 0 saturated carbocycles. The third kappa shape index (κ3) is 3.45. The van der Waals surface area contributed by atoms with E-state index in [-0.39, 0.29) is 0 Å². The summed E-state index contributed by atoms with van der Waals surface area (Å²) in [6.07, 6.45) is 4.94. The Labute approximate surface area is 99.8 Å². The van der Waals surface area contributed by atoms with E-state index in [1.807, 2.05) is 30.3 Å². The van der Waals surface area contributed by atoms with Crippen molar-refractivity contribution in [2.24, 2.45) is 0 Å². The Hall–Kier alpha value is -2.10. The second-order valence-corrected chi connectivity index (χ2v) is 3.67. The normalized spacial score (nSPS) is 10.1. The molecular formula is C13H14N2O2. The zero-order valence-electron chi connectivity index (χ0n) is 9.45. The van der Waals surface area contributed by atoms with Gasteiger partial charge >= 0.3 is 0 Å². The fourth-order valence-corrected chi connectivity index (χ4v) is 1.50. The van der Waals surface area contributed by atoms with Gasteiger partial charge in [-0.25, -0.2) is 0 Å². The van der Waals surface area contributed by atoms with Crippen molar-refractivity contribution < 1.29 is 9.53 Å². The van der Waals surface area contributed by atoms with Crippen LogP contribution >= 0.6 is 0 Å². The van der Waals surface area contributed by atoms with Crippen LogP contribution < -0.4 is 4.74 Å². The Kier molecular flexibility index (Phi) is 3.91. The number of aldehydes is 1. The minimum Gasteiger partial charge on any atom is -0.494 e. The zero-order valence-corrected chi connectivity index (χ0v) is 9.45. The predicted octanol–water partition coefficient (Wildman–Crippen LogP) is 2.16. The van der Waals surface area contributed by atoms with Crippen LogP contribution in [0.4, 0.5) is 0 Å². The van der Waals surface area contributed by atoms with E-state index in [2.05, 4.69) is 5.10 Å². The molecule has 88 valence electrons. The number of aromatic nitrogens is 2. The molecule has 0 aliphatic carbocycles. The van der Waals surface area contributed by atoms with Crippen LogP contribution in [0.1, 0.15) is 16.8 Å². The molecule has 0 atom stereocenters. The van der Waals surface area contributed by atoms with Crippen molar-refractivity contribution in [2.45, 2.75) is 13.0 Å². The Morgan fingerprint density at radius 3 is 2.82 bits per heavy atom. The maximum Gasteiger partial charge on any atom is 0.153 e. The molecule has 0 radical (unpaired) electrons. The van der Waals surface area contributed by atoms with Crippen LogP contribution in [0.5, 0.6) is 5.75 Å². The van der Waals surface area contributed by atoms with Gasteiger partial charge in [-0.15, -0.1) is 0 Å². The summed E-state index contributed by atoms with van der Waals surface area (Å²) in [6.45, 7) is 1.39. The van der Waals surface area contributed by atoms with E-state index in [4.69, 9.17) is 4.74 Å². The third-order valence-electron chi connectivity index (χ3n) is 2.33. The van der Waals surface area contributed by atoms with Gasteiger partial charge in [-0.05, 0) is 12.1 Å². The zero-order chi connectivity index (χ0) is 11.9. The molecule has 1 heterocycles. The lowest BCUT2D eigenvalue weighted by Gasteiger charge is -2.05. The number of hydrogen-bond acceptors (Lipinski definition) is 3. The van der Waals surface area contributed by atoms with Crippen LogP contribution in [0, 0.1) is 0 Å². The number of carbonyl (C=O) groups is 1. The summed E-state index contributed by atoms with van der Waals surface area (Å²) in [5.74, 6) is 0.876. The predicted molar refractivity (Wildman–Crippen MR) is 64.2 cm³/mol. The van der Waals surface area contributed by atoms with Crippen molar-refractivity contribution in [3.8, 4) is 5.75 Å². The number of ether oxygens (including phenoxy) is 1. The Morgan fingerprint density at radius 1 is 1.29 bits per heavy atom. The molecule has 0 saturated heterocycles. The van der Waals surface area contributed by atoms with Gasteiger partial charge in [-0.3, -0.25) is 9.48 Å². The number of benzene rings is 1. The fraction of sp³-hybridized carbons (Fsp3) is 0.231. The van der Waals surface area contributed by atoms with Crippen LogP contribution in [0.25, 0.3) is 0 Å². The van der Waals surface area contributed by atoms with E-state index in [0.717, 1.165) is 25.0 Å². The highest BCUT2D eigenvalue weighted by Crippen LogP contribution is 2.08. The van der Waals surface area contributed by atoms with Crippen LogP contribution in [-0.2, 0) is 6.54 Å². The number of para-hydroxylation sites is 1.